The van der Waals surface area contributed by atoms with E-state index in [1.54, 1.807) is 0 Å². The Morgan fingerprint density at radius 3 is 2.41 bits per heavy atom. The third kappa shape index (κ3) is 2.45. The maximum Gasteiger partial charge on any atom is 0.170 e. The van der Waals surface area contributed by atoms with E-state index in [-0.39, 0.29) is 5.84 Å². The fraction of sp³-hybridized carbons (Fsp3) is 0.0714. The monoisotopic (exact) mass is 226 g/mol. The lowest BCUT2D eigenvalue weighted by Gasteiger charge is -2.05. The third-order valence-electron chi connectivity index (χ3n) is 2.65. The van der Waals surface area contributed by atoms with E-state index in [0.29, 0.717) is 5.56 Å². The molecule has 0 aliphatic carbocycles. The average molecular weight is 226 g/mol. The summed E-state index contributed by atoms with van der Waals surface area (Å²) in [5, 5.41) is 11.7. The molecule has 2 aromatic carbocycles. The quantitative estimate of drug-likeness (QED) is 0.358. The van der Waals surface area contributed by atoms with Crippen molar-refractivity contribution < 1.29 is 5.21 Å². The van der Waals surface area contributed by atoms with Crippen molar-refractivity contribution in [2.45, 2.75) is 6.92 Å². The van der Waals surface area contributed by atoms with Crippen molar-refractivity contribution in [3.8, 4) is 11.1 Å². The topological polar surface area (TPSA) is 58.6 Å². The van der Waals surface area contributed by atoms with Crippen LogP contribution in [0.4, 0.5) is 0 Å². The van der Waals surface area contributed by atoms with E-state index in [0.717, 1.165) is 11.1 Å². The summed E-state index contributed by atoms with van der Waals surface area (Å²) in [7, 11) is 0. The number of aryl methyl sites for hydroxylation is 1. The summed E-state index contributed by atoms with van der Waals surface area (Å²) in [5.74, 6) is 0.124. The number of benzene rings is 2. The zero-order valence-corrected chi connectivity index (χ0v) is 9.59. The van der Waals surface area contributed by atoms with Gasteiger partial charge >= 0.3 is 0 Å². The Morgan fingerprint density at radius 1 is 1.06 bits per heavy atom. The second kappa shape index (κ2) is 4.70. The highest BCUT2D eigenvalue weighted by Crippen LogP contribution is 2.20. The second-order valence-corrected chi connectivity index (χ2v) is 3.93. The Hall–Kier alpha value is -2.29. The molecule has 0 heterocycles. The summed E-state index contributed by atoms with van der Waals surface area (Å²) >= 11 is 0. The van der Waals surface area contributed by atoms with Crippen LogP contribution in [0.1, 0.15) is 11.1 Å². The molecule has 0 atom stereocenters. The fourth-order valence-corrected chi connectivity index (χ4v) is 1.66. The minimum Gasteiger partial charge on any atom is -0.409 e. The lowest BCUT2D eigenvalue weighted by Crippen LogP contribution is -2.12. The normalized spacial score (nSPS) is 11.5. The fourth-order valence-electron chi connectivity index (χ4n) is 1.66. The standard InChI is InChI=1S/C14H14N2O/c1-10-5-7-11(8-6-10)12-3-2-4-13(9-12)14(15)16-17/h2-9,17H,1H3,(H2,15,16). The number of oxime groups is 1. The number of hydrogen-bond donors (Lipinski definition) is 2. The van der Waals surface area contributed by atoms with Crippen molar-refractivity contribution in [3.05, 3.63) is 59.7 Å². The van der Waals surface area contributed by atoms with Gasteiger partial charge in [0, 0.05) is 5.56 Å². The molecule has 0 saturated carbocycles. The smallest absolute Gasteiger partial charge is 0.170 e. The first-order chi connectivity index (χ1) is 8.20. The molecule has 0 radical (unpaired) electrons. The van der Waals surface area contributed by atoms with Crippen LogP contribution < -0.4 is 5.73 Å². The summed E-state index contributed by atoms with van der Waals surface area (Å²) in [6.07, 6.45) is 0. The molecule has 86 valence electrons. The summed E-state index contributed by atoms with van der Waals surface area (Å²) < 4.78 is 0. The van der Waals surface area contributed by atoms with Crippen LogP contribution in [0.2, 0.25) is 0 Å². The van der Waals surface area contributed by atoms with Gasteiger partial charge in [0.15, 0.2) is 5.84 Å². The first-order valence-electron chi connectivity index (χ1n) is 5.36. The minimum absolute atomic E-state index is 0.124. The molecule has 0 spiro atoms. The van der Waals surface area contributed by atoms with Gasteiger partial charge in [-0.1, -0.05) is 53.2 Å². The van der Waals surface area contributed by atoms with Crippen LogP contribution in [-0.2, 0) is 0 Å². The summed E-state index contributed by atoms with van der Waals surface area (Å²) in [4.78, 5) is 0. The second-order valence-electron chi connectivity index (χ2n) is 3.93. The van der Waals surface area contributed by atoms with E-state index in [4.69, 9.17) is 10.9 Å². The number of nitrogens with zero attached hydrogens (tertiary/aromatic N) is 1. The first kappa shape index (κ1) is 11.2. The summed E-state index contributed by atoms with van der Waals surface area (Å²) in [6.45, 7) is 2.05. The maximum atomic E-state index is 8.65. The molecule has 0 aromatic heterocycles. The lowest BCUT2D eigenvalue weighted by molar-refractivity contribution is 0.318. The van der Waals surface area contributed by atoms with Crippen LogP contribution in [0.15, 0.2) is 53.7 Å². The molecular formula is C14H14N2O. The van der Waals surface area contributed by atoms with E-state index in [9.17, 15) is 0 Å². The molecule has 3 heteroatoms. The summed E-state index contributed by atoms with van der Waals surface area (Å²) in [6, 6.07) is 15.8. The van der Waals surface area contributed by atoms with Crippen LogP contribution in [0.3, 0.4) is 0 Å². The highest BCUT2D eigenvalue weighted by Gasteiger charge is 2.02. The molecule has 0 fully saturated rings. The van der Waals surface area contributed by atoms with Crippen molar-refractivity contribution in [3.63, 3.8) is 0 Å². The molecule has 0 bridgehead atoms. The Balaban J connectivity index is 2.43. The van der Waals surface area contributed by atoms with Crippen LogP contribution in [0.5, 0.6) is 0 Å². The van der Waals surface area contributed by atoms with Crippen LogP contribution >= 0.6 is 0 Å². The molecule has 3 nitrogen and oxygen atoms in total. The zero-order chi connectivity index (χ0) is 12.3. The van der Waals surface area contributed by atoms with Gasteiger partial charge in [0.05, 0.1) is 0 Å². The van der Waals surface area contributed by atoms with Crippen molar-refractivity contribution in [2.24, 2.45) is 10.9 Å². The van der Waals surface area contributed by atoms with Crippen molar-refractivity contribution >= 4 is 5.84 Å². The molecule has 2 rings (SSSR count). The number of nitrogens with two attached hydrogens (primary N) is 1. The van der Waals surface area contributed by atoms with Gasteiger partial charge in [-0.3, -0.25) is 0 Å². The molecule has 0 aliphatic rings. The van der Waals surface area contributed by atoms with Gasteiger partial charge in [-0.05, 0) is 24.1 Å². The highest BCUT2D eigenvalue weighted by molar-refractivity contribution is 5.98. The largest absolute Gasteiger partial charge is 0.409 e. The molecule has 2 aromatic rings. The Bertz CT molecular complexity index is 544. The highest BCUT2D eigenvalue weighted by atomic mass is 16.4. The Labute approximate surface area is 100 Å². The molecule has 0 aliphatic heterocycles. The minimum atomic E-state index is 0.124. The maximum absolute atomic E-state index is 8.65. The van der Waals surface area contributed by atoms with Crippen LogP contribution in [-0.4, -0.2) is 11.0 Å². The lowest BCUT2D eigenvalue weighted by atomic mass is 10.0. The van der Waals surface area contributed by atoms with Gasteiger partial charge in [-0.15, -0.1) is 0 Å². The van der Waals surface area contributed by atoms with E-state index in [2.05, 4.69) is 36.3 Å². The van der Waals surface area contributed by atoms with Gasteiger partial charge in [0.25, 0.3) is 0 Å². The zero-order valence-electron chi connectivity index (χ0n) is 9.59. The molecule has 0 saturated heterocycles. The Kier molecular flexibility index (Phi) is 3.10. The van der Waals surface area contributed by atoms with Crippen LogP contribution in [0.25, 0.3) is 11.1 Å². The molecule has 0 amide bonds. The van der Waals surface area contributed by atoms with Crippen molar-refractivity contribution in [1.82, 2.24) is 0 Å². The van der Waals surface area contributed by atoms with Crippen molar-refractivity contribution in [2.75, 3.05) is 0 Å². The Morgan fingerprint density at radius 2 is 1.76 bits per heavy atom. The summed E-state index contributed by atoms with van der Waals surface area (Å²) in [5.41, 5.74) is 9.67. The van der Waals surface area contributed by atoms with Gasteiger partial charge in [0.1, 0.15) is 0 Å². The molecule has 17 heavy (non-hydrogen) atoms. The van der Waals surface area contributed by atoms with Gasteiger partial charge in [-0.2, -0.15) is 0 Å². The van der Waals surface area contributed by atoms with Gasteiger partial charge < -0.3 is 10.9 Å². The number of amidine groups is 1. The van der Waals surface area contributed by atoms with E-state index < -0.39 is 0 Å². The van der Waals surface area contributed by atoms with Crippen molar-refractivity contribution in [1.29, 1.82) is 0 Å². The number of rotatable bonds is 2. The average Bonchev–Trinajstić information content (AvgIpc) is 2.39. The van der Waals surface area contributed by atoms with Gasteiger partial charge in [0.2, 0.25) is 0 Å². The SMILES string of the molecule is Cc1ccc(-c2cccc(C(N)=NO)c2)cc1. The van der Waals surface area contributed by atoms with E-state index in [1.807, 2.05) is 24.3 Å². The first-order valence-corrected chi connectivity index (χ1v) is 5.36. The molecule has 3 N–H and O–H groups in total. The number of hydrogen-bond acceptors (Lipinski definition) is 2. The van der Waals surface area contributed by atoms with E-state index in [1.165, 1.54) is 5.56 Å². The predicted molar refractivity (Wildman–Crippen MR) is 69.1 cm³/mol. The van der Waals surface area contributed by atoms with Gasteiger partial charge in [-0.25, -0.2) is 0 Å². The third-order valence-corrected chi connectivity index (χ3v) is 2.65. The van der Waals surface area contributed by atoms with Crippen LogP contribution in [0, 0.1) is 6.92 Å². The molecular weight excluding hydrogens is 212 g/mol. The predicted octanol–water partition coefficient (Wildman–Crippen LogP) is 2.76. The van der Waals surface area contributed by atoms with E-state index >= 15 is 0 Å². The molecule has 0 unspecified atom stereocenters.